The molecule has 0 radical (unpaired) electrons. The average molecular weight is 357 g/mol. The fourth-order valence-electron chi connectivity index (χ4n) is 2.82. The van der Waals surface area contributed by atoms with Crippen molar-refractivity contribution in [3.63, 3.8) is 0 Å². The fraction of sp³-hybridized carbons (Fsp3) is 0.500. The van der Waals surface area contributed by atoms with Gasteiger partial charge in [-0.1, -0.05) is 0 Å². The number of aromatic amines is 1. The number of aromatic nitrogens is 2. The number of carbonyl (C=O) groups is 1. The maximum Gasteiger partial charge on any atom is 0.406 e. The molecule has 25 heavy (non-hydrogen) atoms. The number of nitrogens with one attached hydrogen (secondary N) is 1. The summed E-state index contributed by atoms with van der Waals surface area (Å²) in [7, 11) is 0. The van der Waals surface area contributed by atoms with E-state index in [4.69, 9.17) is 5.11 Å². The predicted octanol–water partition coefficient (Wildman–Crippen LogP) is 1.74. The summed E-state index contributed by atoms with van der Waals surface area (Å²) in [4.78, 5) is 28.3. The number of rotatable bonds is 6. The van der Waals surface area contributed by atoms with E-state index in [1.54, 1.807) is 0 Å². The van der Waals surface area contributed by atoms with Gasteiger partial charge in [-0.05, 0) is 37.0 Å². The van der Waals surface area contributed by atoms with E-state index < -0.39 is 18.4 Å². The Balaban J connectivity index is 1.90. The number of imidazole rings is 1. The van der Waals surface area contributed by atoms with Crippen molar-refractivity contribution in [2.45, 2.75) is 25.6 Å². The topological polar surface area (TPSA) is 78.3 Å². The van der Waals surface area contributed by atoms with Crippen LogP contribution in [-0.2, 0) is 6.54 Å². The van der Waals surface area contributed by atoms with E-state index in [2.05, 4.69) is 4.98 Å². The zero-order valence-electron chi connectivity index (χ0n) is 13.3. The molecule has 0 atom stereocenters. The maximum atomic E-state index is 12.6. The lowest BCUT2D eigenvalue weighted by Gasteiger charge is -2.21. The highest BCUT2D eigenvalue weighted by Gasteiger charge is 2.30. The number of hydrogen-bond donors (Lipinski definition) is 2. The van der Waals surface area contributed by atoms with Gasteiger partial charge in [0.2, 0.25) is 0 Å². The van der Waals surface area contributed by atoms with E-state index in [1.165, 1.54) is 23.1 Å². The molecule has 1 amide bonds. The van der Waals surface area contributed by atoms with Crippen molar-refractivity contribution in [3.05, 3.63) is 34.2 Å². The molecule has 3 rings (SSSR count). The summed E-state index contributed by atoms with van der Waals surface area (Å²) >= 11 is 0. The summed E-state index contributed by atoms with van der Waals surface area (Å²) in [5, 5.41) is 9.13. The Labute approximate surface area is 140 Å². The second kappa shape index (κ2) is 6.55. The van der Waals surface area contributed by atoms with Gasteiger partial charge >= 0.3 is 11.9 Å². The SMILES string of the molecule is O=C(c1ccc2c(c1)[nH]c(=O)n2CC(F)(F)F)N(CCO)CC1CC1. The van der Waals surface area contributed by atoms with Crippen LogP contribution >= 0.6 is 0 Å². The highest BCUT2D eigenvalue weighted by molar-refractivity contribution is 5.97. The normalized spacial score (nSPS) is 14.9. The van der Waals surface area contributed by atoms with Gasteiger partial charge < -0.3 is 15.0 Å². The van der Waals surface area contributed by atoms with E-state index in [0.29, 0.717) is 17.0 Å². The average Bonchev–Trinajstić information content (AvgIpc) is 3.30. The third kappa shape index (κ3) is 4.04. The molecular formula is C16H18F3N3O3. The van der Waals surface area contributed by atoms with Gasteiger partial charge in [0.25, 0.3) is 5.91 Å². The summed E-state index contributed by atoms with van der Waals surface area (Å²) in [5.74, 6) is 0.124. The number of H-pyrrole nitrogens is 1. The second-order valence-corrected chi connectivity index (χ2v) is 6.28. The van der Waals surface area contributed by atoms with Gasteiger partial charge in [-0.2, -0.15) is 13.2 Å². The van der Waals surface area contributed by atoms with Gasteiger partial charge in [0.15, 0.2) is 0 Å². The molecule has 1 heterocycles. The van der Waals surface area contributed by atoms with E-state index in [9.17, 15) is 22.8 Å². The number of fused-ring (bicyclic) bond motifs is 1. The fourth-order valence-corrected chi connectivity index (χ4v) is 2.82. The molecule has 1 aliphatic rings. The Morgan fingerprint density at radius 3 is 2.68 bits per heavy atom. The molecule has 1 aromatic carbocycles. The van der Waals surface area contributed by atoms with Gasteiger partial charge in [0.1, 0.15) is 6.54 Å². The minimum Gasteiger partial charge on any atom is -0.395 e. The predicted molar refractivity (Wildman–Crippen MR) is 84.3 cm³/mol. The Morgan fingerprint density at radius 2 is 2.08 bits per heavy atom. The Morgan fingerprint density at radius 1 is 1.36 bits per heavy atom. The molecule has 1 aromatic heterocycles. The van der Waals surface area contributed by atoms with E-state index >= 15 is 0 Å². The summed E-state index contributed by atoms with van der Waals surface area (Å²) in [6, 6.07) is 4.12. The first-order chi connectivity index (χ1) is 11.8. The van der Waals surface area contributed by atoms with E-state index in [-0.39, 0.29) is 35.7 Å². The van der Waals surface area contributed by atoms with Crippen molar-refractivity contribution in [3.8, 4) is 0 Å². The third-order valence-corrected chi connectivity index (χ3v) is 4.19. The van der Waals surface area contributed by atoms with Gasteiger partial charge in [-0.25, -0.2) is 4.79 Å². The largest absolute Gasteiger partial charge is 0.406 e. The maximum absolute atomic E-state index is 12.6. The number of aliphatic hydroxyl groups is 1. The van der Waals surface area contributed by atoms with Crippen molar-refractivity contribution < 1.29 is 23.1 Å². The zero-order valence-corrected chi connectivity index (χ0v) is 13.3. The second-order valence-electron chi connectivity index (χ2n) is 6.28. The van der Waals surface area contributed by atoms with Crippen molar-refractivity contribution in [2.24, 2.45) is 5.92 Å². The molecule has 1 saturated carbocycles. The molecule has 0 bridgehead atoms. The van der Waals surface area contributed by atoms with E-state index in [1.807, 2.05) is 0 Å². The molecule has 6 nitrogen and oxygen atoms in total. The van der Waals surface area contributed by atoms with Crippen molar-refractivity contribution in [1.82, 2.24) is 14.5 Å². The summed E-state index contributed by atoms with van der Waals surface area (Å²) in [6.45, 7) is -0.820. The minimum absolute atomic E-state index is 0.0924. The number of carbonyl (C=O) groups excluding carboxylic acids is 1. The Bertz CT molecular complexity index is 836. The van der Waals surface area contributed by atoms with Crippen molar-refractivity contribution >= 4 is 16.9 Å². The first-order valence-corrected chi connectivity index (χ1v) is 7.98. The Kier molecular flexibility index (Phi) is 4.59. The van der Waals surface area contributed by atoms with Gasteiger partial charge in [0.05, 0.1) is 17.6 Å². The van der Waals surface area contributed by atoms with Crippen LogP contribution in [0.5, 0.6) is 0 Å². The molecule has 2 aromatic rings. The number of nitrogens with zero attached hydrogens (tertiary/aromatic N) is 2. The molecule has 0 unspecified atom stereocenters. The zero-order chi connectivity index (χ0) is 18.2. The lowest BCUT2D eigenvalue weighted by atomic mass is 10.1. The van der Waals surface area contributed by atoms with Crippen molar-refractivity contribution in [1.29, 1.82) is 0 Å². The number of halogens is 3. The van der Waals surface area contributed by atoms with Crippen LogP contribution < -0.4 is 5.69 Å². The molecule has 1 aliphatic carbocycles. The number of amides is 1. The summed E-state index contributed by atoms with van der Waals surface area (Å²) < 4.78 is 38.4. The number of hydrogen-bond acceptors (Lipinski definition) is 3. The van der Waals surface area contributed by atoms with Gasteiger partial charge in [-0.3, -0.25) is 9.36 Å². The summed E-state index contributed by atoms with van der Waals surface area (Å²) in [5.41, 5.74) is -0.339. The first kappa shape index (κ1) is 17.5. The van der Waals surface area contributed by atoms with E-state index in [0.717, 1.165) is 12.8 Å². The first-order valence-electron chi connectivity index (χ1n) is 7.98. The van der Waals surface area contributed by atoms with Crippen LogP contribution in [0.25, 0.3) is 11.0 Å². The molecule has 1 fully saturated rings. The molecule has 0 spiro atoms. The van der Waals surface area contributed by atoms with Crippen LogP contribution in [0.2, 0.25) is 0 Å². The van der Waals surface area contributed by atoms with Crippen LogP contribution in [0.3, 0.4) is 0 Å². The standard InChI is InChI=1S/C16H18F3N3O3/c17-16(18,19)9-22-13-4-3-11(7-12(13)20-15(22)25)14(24)21(5-6-23)8-10-1-2-10/h3-4,7,10,23H,1-2,5-6,8-9H2,(H,20,25). The number of benzene rings is 1. The lowest BCUT2D eigenvalue weighted by molar-refractivity contribution is -0.140. The van der Waals surface area contributed by atoms with Crippen molar-refractivity contribution in [2.75, 3.05) is 19.7 Å². The molecule has 136 valence electrons. The van der Waals surface area contributed by atoms with Gasteiger partial charge in [-0.15, -0.1) is 0 Å². The highest BCUT2D eigenvalue weighted by Crippen LogP contribution is 2.30. The highest BCUT2D eigenvalue weighted by atomic mass is 19.4. The quantitative estimate of drug-likeness (QED) is 0.827. The monoisotopic (exact) mass is 357 g/mol. The molecule has 2 N–H and O–H groups in total. The third-order valence-electron chi connectivity index (χ3n) is 4.19. The lowest BCUT2D eigenvalue weighted by Crippen LogP contribution is -2.35. The molecule has 0 saturated heterocycles. The van der Waals surface area contributed by atoms with Crippen LogP contribution in [0, 0.1) is 5.92 Å². The molecular weight excluding hydrogens is 339 g/mol. The van der Waals surface area contributed by atoms with Gasteiger partial charge in [0, 0.05) is 18.7 Å². The number of alkyl halides is 3. The Hall–Kier alpha value is -2.29. The molecule has 9 heteroatoms. The smallest absolute Gasteiger partial charge is 0.395 e. The van der Waals surface area contributed by atoms with Crippen LogP contribution in [0.1, 0.15) is 23.2 Å². The van der Waals surface area contributed by atoms with Crippen LogP contribution in [-0.4, -0.2) is 51.3 Å². The van der Waals surface area contributed by atoms with Crippen LogP contribution in [0.4, 0.5) is 13.2 Å². The number of aliphatic hydroxyl groups excluding tert-OH is 1. The minimum atomic E-state index is -4.52. The van der Waals surface area contributed by atoms with Crippen LogP contribution in [0.15, 0.2) is 23.0 Å². The summed E-state index contributed by atoms with van der Waals surface area (Å²) in [6.07, 6.45) is -2.43. The molecule has 0 aliphatic heterocycles.